The zero-order chi connectivity index (χ0) is 17.3. The molecule has 7 heteroatoms. The van der Waals surface area contributed by atoms with Crippen LogP contribution >= 0.6 is 15.9 Å². The van der Waals surface area contributed by atoms with E-state index in [1.54, 1.807) is 0 Å². The second-order valence-electron chi connectivity index (χ2n) is 5.31. The molecular formula is C17H13BrF3N3. The fourth-order valence-electron chi connectivity index (χ4n) is 2.51. The van der Waals surface area contributed by atoms with Gasteiger partial charge in [-0.25, -0.2) is 0 Å². The number of hydrogen-bond acceptors (Lipinski definition) is 3. The highest BCUT2D eigenvalue weighted by Crippen LogP contribution is 2.32. The molecule has 0 atom stereocenters. The number of hydrogen-bond donors (Lipinski definition) is 1. The van der Waals surface area contributed by atoms with E-state index in [-0.39, 0.29) is 12.1 Å². The molecule has 0 amide bonds. The summed E-state index contributed by atoms with van der Waals surface area (Å²) in [6, 6.07) is 10.4. The molecule has 0 radical (unpaired) electrons. The lowest BCUT2D eigenvalue weighted by Crippen LogP contribution is -2.14. The second-order valence-corrected chi connectivity index (χ2v) is 6.16. The Morgan fingerprint density at radius 3 is 2.71 bits per heavy atom. The Bertz CT molecular complexity index is 894. The van der Waals surface area contributed by atoms with Crippen molar-refractivity contribution in [1.82, 2.24) is 9.97 Å². The fourth-order valence-corrected chi connectivity index (χ4v) is 2.97. The van der Waals surface area contributed by atoms with Crippen molar-refractivity contribution in [3.8, 4) is 0 Å². The second kappa shape index (κ2) is 6.39. The quantitative estimate of drug-likeness (QED) is 0.650. The number of rotatable bonds is 3. The van der Waals surface area contributed by atoms with Crippen LogP contribution in [0.15, 0.2) is 47.1 Å². The standard InChI is InChI=1S/C17H13BrF3N3/c1-10-8-14(12-5-2-6-13(18)15(12)24-10)23-9-11-4-3-7-22-16(11)17(19,20)21/h2-8H,9H2,1H3,(H,23,24). The minimum absolute atomic E-state index is 0.0216. The molecule has 0 aliphatic carbocycles. The third kappa shape index (κ3) is 3.36. The van der Waals surface area contributed by atoms with E-state index in [1.807, 2.05) is 31.2 Å². The molecule has 124 valence electrons. The first-order chi connectivity index (χ1) is 11.4. The number of aromatic nitrogens is 2. The van der Waals surface area contributed by atoms with Crippen LogP contribution in [0.3, 0.4) is 0 Å². The van der Waals surface area contributed by atoms with E-state index in [1.165, 1.54) is 12.1 Å². The van der Waals surface area contributed by atoms with E-state index in [4.69, 9.17) is 0 Å². The first kappa shape index (κ1) is 16.7. The van der Waals surface area contributed by atoms with E-state index >= 15 is 0 Å². The van der Waals surface area contributed by atoms with Gasteiger partial charge >= 0.3 is 6.18 Å². The third-order valence-corrected chi connectivity index (χ3v) is 4.19. The van der Waals surface area contributed by atoms with Crippen LogP contribution in [-0.2, 0) is 12.7 Å². The minimum atomic E-state index is -4.47. The minimum Gasteiger partial charge on any atom is -0.380 e. The van der Waals surface area contributed by atoms with Gasteiger partial charge in [-0.05, 0) is 41.1 Å². The molecule has 3 aromatic rings. The number of nitrogens with zero attached hydrogens (tertiary/aromatic N) is 2. The number of halogens is 4. The van der Waals surface area contributed by atoms with Crippen LogP contribution in [0.25, 0.3) is 10.9 Å². The van der Waals surface area contributed by atoms with E-state index in [0.717, 1.165) is 33.0 Å². The van der Waals surface area contributed by atoms with Gasteiger partial charge in [0, 0.05) is 39.5 Å². The Morgan fingerprint density at radius 2 is 1.96 bits per heavy atom. The number of benzene rings is 1. The van der Waals surface area contributed by atoms with Gasteiger partial charge in [-0.2, -0.15) is 13.2 Å². The van der Waals surface area contributed by atoms with Gasteiger partial charge in [0.25, 0.3) is 0 Å². The molecule has 1 aromatic carbocycles. The molecule has 2 heterocycles. The number of pyridine rings is 2. The molecule has 0 aliphatic heterocycles. The number of nitrogens with one attached hydrogen (secondary N) is 1. The topological polar surface area (TPSA) is 37.8 Å². The van der Waals surface area contributed by atoms with Crippen molar-refractivity contribution in [3.05, 3.63) is 64.0 Å². The van der Waals surface area contributed by atoms with Crippen molar-refractivity contribution < 1.29 is 13.2 Å². The molecule has 1 N–H and O–H groups in total. The highest BCUT2D eigenvalue weighted by Gasteiger charge is 2.34. The van der Waals surface area contributed by atoms with Crippen LogP contribution in [0.2, 0.25) is 0 Å². The Kier molecular flexibility index (Phi) is 4.45. The highest BCUT2D eigenvalue weighted by atomic mass is 79.9. The van der Waals surface area contributed by atoms with Crippen LogP contribution in [0.1, 0.15) is 17.0 Å². The smallest absolute Gasteiger partial charge is 0.380 e. The summed E-state index contributed by atoms with van der Waals surface area (Å²) in [5.41, 5.74) is 1.51. The van der Waals surface area contributed by atoms with Crippen LogP contribution < -0.4 is 5.32 Å². The number of para-hydroxylation sites is 1. The zero-order valence-electron chi connectivity index (χ0n) is 12.7. The maximum absolute atomic E-state index is 13.0. The van der Waals surface area contributed by atoms with Crippen molar-refractivity contribution in [1.29, 1.82) is 0 Å². The maximum Gasteiger partial charge on any atom is 0.433 e. The first-order valence-electron chi connectivity index (χ1n) is 7.17. The van der Waals surface area contributed by atoms with Gasteiger partial charge in [-0.3, -0.25) is 9.97 Å². The molecule has 0 saturated carbocycles. The first-order valence-corrected chi connectivity index (χ1v) is 7.96. The van der Waals surface area contributed by atoms with Gasteiger partial charge < -0.3 is 5.32 Å². The number of alkyl halides is 3. The van der Waals surface area contributed by atoms with Crippen LogP contribution in [-0.4, -0.2) is 9.97 Å². The van der Waals surface area contributed by atoms with Crippen molar-refractivity contribution in [2.45, 2.75) is 19.6 Å². The summed E-state index contributed by atoms with van der Waals surface area (Å²) in [4.78, 5) is 7.94. The summed E-state index contributed by atoms with van der Waals surface area (Å²) in [5.74, 6) is 0. The molecule has 24 heavy (non-hydrogen) atoms. The predicted octanol–water partition coefficient (Wildman–Crippen LogP) is 5.33. The Labute approximate surface area is 145 Å². The number of anilines is 1. The van der Waals surface area contributed by atoms with Crippen molar-refractivity contribution >= 4 is 32.5 Å². The summed E-state index contributed by atoms with van der Waals surface area (Å²) in [7, 11) is 0. The summed E-state index contributed by atoms with van der Waals surface area (Å²) >= 11 is 3.45. The average molecular weight is 396 g/mol. The van der Waals surface area contributed by atoms with Gasteiger partial charge in [-0.1, -0.05) is 18.2 Å². The highest BCUT2D eigenvalue weighted by molar-refractivity contribution is 9.10. The number of fused-ring (bicyclic) bond motifs is 1. The summed E-state index contributed by atoms with van der Waals surface area (Å²) < 4.78 is 40.0. The molecule has 0 unspecified atom stereocenters. The molecule has 0 bridgehead atoms. The summed E-state index contributed by atoms with van der Waals surface area (Å²) in [6.45, 7) is 1.86. The molecule has 0 spiro atoms. The maximum atomic E-state index is 13.0. The van der Waals surface area contributed by atoms with Crippen LogP contribution in [0, 0.1) is 6.92 Å². The third-order valence-electron chi connectivity index (χ3n) is 3.55. The number of aryl methyl sites for hydroxylation is 1. The Hall–Kier alpha value is -2.15. The Morgan fingerprint density at radius 1 is 1.17 bits per heavy atom. The van der Waals surface area contributed by atoms with Gasteiger partial charge in [-0.15, -0.1) is 0 Å². The van der Waals surface area contributed by atoms with Gasteiger partial charge in [0.2, 0.25) is 0 Å². The van der Waals surface area contributed by atoms with E-state index in [2.05, 4.69) is 31.2 Å². The SMILES string of the molecule is Cc1cc(NCc2cccnc2C(F)(F)F)c2cccc(Br)c2n1. The van der Waals surface area contributed by atoms with Crippen LogP contribution in [0.4, 0.5) is 18.9 Å². The largest absolute Gasteiger partial charge is 0.433 e. The van der Waals surface area contributed by atoms with E-state index in [9.17, 15) is 13.2 Å². The lowest BCUT2D eigenvalue weighted by atomic mass is 10.1. The van der Waals surface area contributed by atoms with Crippen molar-refractivity contribution in [2.24, 2.45) is 0 Å². The fraction of sp³-hybridized carbons (Fsp3) is 0.176. The van der Waals surface area contributed by atoms with Gasteiger partial charge in [0.05, 0.1) is 5.52 Å². The van der Waals surface area contributed by atoms with E-state index < -0.39 is 11.9 Å². The molecule has 0 saturated heterocycles. The summed E-state index contributed by atoms with van der Waals surface area (Å²) in [5, 5.41) is 3.92. The predicted molar refractivity (Wildman–Crippen MR) is 90.7 cm³/mol. The zero-order valence-corrected chi connectivity index (χ0v) is 14.2. The molecule has 3 rings (SSSR count). The average Bonchev–Trinajstić information content (AvgIpc) is 2.53. The molecular weight excluding hydrogens is 383 g/mol. The normalized spacial score (nSPS) is 11.7. The van der Waals surface area contributed by atoms with Crippen molar-refractivity contribution in [2.75, 3.05) is 5.32 Å². The lowest BCUT2D eigenvalue weighted by Gasteiger charge is -2.14. The summed E-state index contributed by atoms with van der Waals surface area (Å²) in [6.07, 6.45) is -3.33. The van der Waals surface area contributed by atoms with E-state index in [0.29, 0.717) is 0 Å². The van der Waals surface area contributed by atoms with Crippen molar-refractivity contribution in [3.63, 3.8) is 0 Å². The molecule has 3 nitrogen and oxygen atoms in total. The molecule has 0 fully saturated rings. The molecule has 2 aromatic heterocycles. The molecule has 0 aliphatic rings. The Balaban J connectivity index is 1.97. The monoisotopic (exact) mass is 395 g/mol. The van der Waals surface area contributed by atoms with Crippen LogP contribution in [0.5, 0.6) is 0 Å². The van der Waals surface area contributed by atoms with Gasteiger partial charge in [0.1, 0.15) is 5.69 Å². The van der Waals surface area contributed by atoms with Gasteiger partial charge in [0.15, 0.2) is 0 Å². The lowest BCUT2D eigenvalue weighted by molar-refractivity contribution is -0.141.